The Morgan fingerprint density at radius 3 is 1.77 bits per heavy atom. The van der Waals surface area contributed by atoms with Gasteiger partial charge in [-0.3, -0.25) is 4.98 Å². The summed E-state index contributed by atoms with van der Waals surface area (Å²) in [6, 6.07) is 21.5. The normalized spacial score (nSPS) is 10.9. The van der Waals surface area contributed by atoms with Crippen LogP contribution in [0.5, 0.6) is 5.75 Å². The van der Waals surface area contributed by atoms with Gasteiger partial charge < -0.3 is 4.74 Å². The Bertz CT molecular complexity index is 851. The van der Waals surface area contributed by atoms with Gasteiger partial charge in [0.05, 0.1) is 6.61 Å². The van der Waals surface area contributed by atoms with Crippen LogP contribution in [-0.4, -0.2) is 11.6 Å². The van der Waals surface area contributed by atoms with Crippen LogP contribution in [0.2, 0.25) is 0 Å². The maximum Gasteiger partial charge on any atom is 0.119 e. The van der Waals surface area contributed by atoms with Crippen LogP contribution in [0.25, 0.3) is 22.3 Å². The highest BCUT2D eigenvalue weighted by molar-refractivity contribution is 5.70. The zero-order valence-corrected chi connectivity index (χ0v) is 18.6. The van der Waals surface area contributed by atoms with Crippen molar-refractivity contribution in [2.45, 2.75) is 65.2 Å². The number of ether oxygens (including phenoxy) is 1. The van der Waals surface area contributed by atoms with Crippen LogP contribution in [0.1, 0.15) is 64.5 Å². The molecular formula is C28H35NO. The summed E-state index contributed by atoms with van der Waals surface area (Å²) in [7, 11) is 0. The van der Waals surface area contributed by atoms with E-state index in [1.807, 2.05) is 6.20 Å². The lowest BCUT2D eigenvalue weighted by molar-refractivity contribution is 0.309. The highest BCUT2D eigenvalue weighted by Crippen LogP contribution is 2.26. The van der Waals surface area contributed by atoms with Gasteiger partial charge >= 0.3 is 0 Å². The first-order valence-electron chi connectivity index (χ1n) is 11.6. The molecule has 0 unspecified atom stereocenters. The topological polar surface area (TPSA) is 22.1 Å². The van der Waals surface area contributed by atoms with E-state index in [2.05, 4.69) is 79.5 Å². The summed E-state index contributed by atoms with van der Waals surface area (Å²) >= 11 is 0. The van der Waals surface area contributed by atoms with Gasteiger partial charge in [0.25, 0.3) is 0 Å². The van der Waals surface area contributed by atoms with E-state index < -0.39 is 0 Å². The van der Waals surface area contributed by atoms with Crippen molar-refractivity contribution in [3.05, 3.63) is 72.6 Å². The summed E-state index contributed by atoms with van der Waals surface area (Å²) in [6.45, 7) is 5.22. The number of hydrogen-bond donors (Lipinski definition) is 0. The summed E-state index contributed by atoms with van der Waals surface area (Å²) in [4.78, 5) is 4.68. The smallest absolute Gasteiger partial charge is 0.119 e. The molecule has 2 aromatic carbocycles. The number of nitrogens with zero attached hydrogens (tertiary/aromatic N) is 1. The van der Waals surface area contributed by atoms with Gasteiger partial charge in [-0.25, -0.2) is 0 Å². The average Bonchev–Trinajstić information content (AvgIpc) is 2.80. The van der Waals surface area contributed by atoms with Crippen molar-refractivity contribution in [1.82, 2.24) is 4.98 Å². The molecule has 1 heterocycles. The lowest BCUT2D eigenvalue weighted by atomic mass is 10.0. The largest absolute Gasteiger partial charge is 0.494 e. The number of aryl methyl sites for hydroxylation is 1. The standard InChI is InChI=1S/C28H35NO/c1-3-5-7-8-9-10-27-18-15-26(22-29-27)25-13-11-23(12-14-25)24-16-19-28(20-17-24)30-21-6-4-2/h11-20,22H,3-10,21H2,1-2H3. The van der Waals surface area contributed by atoms with Crippen molar-refractivity contribution >= 4 is 0 Å². The van der Waals surface area contributed by atoms with Gasteiger partial charge in [-0.15, -0.1) is 0 Å². The second-order valence-corrected chi connectivity index (χ2v) is 8.01. The molecule has 0 atom stereocenters. The van der Waals surface area contributed by atoms with Crippen LogP contribution < -0.4 is 4.74 Å². The minimum atomic E-state index is 0.788. The molecule has 3 aromatic rings. The Kier molecular flexibility index (Phi) is 8.96. The molecule has 1 aromatic heterocycles. The summed E-state index contributed by atoms with van der Waals surface area (Å²) < 4.78 is 5.76. The minimum Gasteiger partial charge on any atom is -0.494 e. The fourth-order valence-electron chi connectivity index (χ4n) is 3.59. The first-order chi connectivity index (χ1) is 14.8. The van der Waals surface area contributed by atoms with Gasteiger partial charge in [-0.1, -0.05) is 88.4 Å². The quantitative estimate of drug-likeness (QED) is 0.286. The third-order valence-corrected chi connectivity index (χ3v) is 5.53. The number of hydrogen-bond acceptors (Lipinski definition) is 2. The molecule has 0 amide bonds. The molecule has 3 rings (SSSR count). The van der Waals surface area contributed by atoms with Crippen molar-refractivity contribution in [3.8, 4) is 28.0 Å². The second-order valence-electron chi connectivity index (χ2n) is 8.01. The molecule has 0 N–H and O–H groups in total. The fourth-order valence-corrected chi connectivity index (χ4v) is 3.59. The third-order valence-electron chi connectivity index (χ3n) is 5.53. The molecule has 0 fully saturated rings. The Labute approximate surface area is 182 Å². The molecule has 2 heteroatoms. The summed E-state index contributed by atoms with van der Waals surface area (Å²) in [5.74, 6) is 0.945. The highest BCUT2D eigenvalue weighted by atomic mass is 16.5. The summed E-state index contributed by atoms with van der Waals surface area (Å²) in [5.41, 5.74) is 6.01. The zero-order valence-electron chi connectivity index (χ0n) is 18.6. The molecule has 0 aliphatic rings. The van der Waals surface area contributed by atoms with Crippen LogP contribution in [0, 0.1) is 0 Å². The first kappa shape index (κ1) is 22.1. The number of pyridine rings is 1. The van der Waals surface area contributed by atoms with Gasteiger partial charge in [0.1, 0.15) is 5.75 Å². The molecule has 0 saturated carbocycles. The molecule has 0 radical (unpaired) electrons. The van der Waals surface area contributed by atoms with E-state index >= 15 is 0 Å². The molecule has 0 aliphatic carbocycles. The van der Waals surface area contributed by atoms with Gasteiger partial charge in [0.15, 0.2) is 0 Å². The van der Waals surface area contributed by atoms with Gasteiger partial charge in [-0.05, 0) is 54.2 Å². The Balaban J connectivity index is 1.56. The van der Waals surface area contributed by atoms with E-state index in [1.165, 1.54) is 60.1 Å². The van der Waals surface area contributed by atoms with Crippen LogP contribution >= 0.6 is 0 Å². The highest BCUT2D eigenvalue weighted by Gasteiger charge is 2.03. The predicted molar refractivity (Wildman–Crippen MR) is 128 cm³/mol. The maximum absolute atomic E-state index is 5.76. The molecule has 158 valence electrons. The van der Waals surface area contributed by atoms with Crippen LogP contribution in [0.15, 0.2) is 66.9 Å². The Morgan fingerprint density at radius 1 is 0.600 bits per heavy atom. The van der Waals surface area contributed by atoms with E-state index in [4.69, 9.17) is 4.74 Å². The van der Waals surface area contributed by atoms with Crippen molar-refractivity contribution < 1.29 is 4.74 Å². The number of aromatic nitrogens is 1. The molecule has 2 nitrogen and oxygen atoms in total. The second kappa shape index (κ2) is 12.2. The van der Waals surface area contributed by atoms with E-state index in [9.17, 15) is 0 Å². The van der Waals surface area contributed by atoms with Gasteiger partial charge in [0, 0.05) is 17.5 Å². The summed E-state index contributed by atoms with van der Waals surface area (Å²) in [5, 5.41) is 0. The van der Waals surface area contributed by atoms with E-state index in [0.717, 1.165) is 31.6 Å². The van der Waals surface area contributed by atoms with E-state index in [0.29, 0.717) is 0 Å². The third kappa shape index (κ3) is 6.73. The Morgan fingerprint density at radius 2 is 1.17 bits per heavy atom. The monoisotopic (exact) mass is 401 g/mol. The molecule has 0 saturated heterocycles. The lowest BCUT2D eigenvalue weighted by Gasteiger charge is -2.08. The Hall–Kier alpha value is -2.61. The molecule has 30 heavy (non-hydrogen) atoms. The van der Waals surface area contributed by atoms with Crippen molar-refractivity contribution in [2.24, 2.45) is 0 Å². The predicted octanol–water partition coefficient (Wildman–Crippen LogP) is 8.11. The number of unbranched alkanes of at least 4 members (excludes halogenated alkanes) is 5. The zero-order chi connectivity index (χ0) is 21.0. The summed E-state index contributed by atoms with van der Waals surface area (Å²) in [6.07, 6.45) is 11.9. The van der Waals surface area contributed by atoms with Crippen LogP contribution in [-0.2, 0) is 6.42 Å². The van der Waals surface area contributed by atoms with Crippen LogP contribution in [0.4, 0.5) is 0 Å². The van der Waals surface area contributed by atoms with E-state index in [1.54, 1.807) is 0 Å². The van der Waals surface area contributed by atoms with Crippen molar-refractivity contribution in [1.29, 1.82) is 0 Å². The molecular weight excluding hydrogens is 366 g/mol. The molecule has 0 bridgehead atoms. The molecule has 0 spiro atoms. The fraction of sp³-hybridized carbons (Fsp3) is 0.393. The molecule has 0 aliphatic heterocycles. The lowest BCUT2D eigenvalue weighted by Crippen LogP contribution is -1.95. The maximum atomic E-state index is 5.76. The first-order valence-corrected chi connectivity index (χ1v) is 11.6. The minimum absolute atomic E-state index is 0.788. The van der Waals surface area contributed by atoms with Gasteiger partial charge in [-0.2, -0.15) is 0 Å². The van der Waals surface area contributed by atoms with Gasteiger partial charge in [0.2, 0.25) is 0 Å². The van der Waals surface area contributed by atoms with Crippen LogP contribution in [0.3, 0.4) is 0 Å². The van der Waals surface area contributed by atoms with Crippen molar-refractivity contribution in [3.63, 3.8) is 0 Å². The number of benzene rings is 2. The van der Waals surface area contributed by atoms with Crippen molar-refractivity contribution in [2.75, 3.05) is 6.61 Å². The SMILES string of the molecule is CCCCCCCc1ccc(-c2ccc(-c3ccc(OCCCC)cc3)cc2)cn1. The number of rotatable bonds is 12. The average molecular weight is 402 g/mol. The van der Waals surface area contributed by atoms with E-state index in [-0.39, 0.29) is 0 Å².